The molecule has 15 heavy (non-hydrogen) atoms. The van der Waals surface area contributed by atoms with Gasteiger partial charge in [-0.15, -0.1) is 0 Å². The predicted octanol–water partition coefficient (Wildman–Crippen LogP) is 3.22. The number of phenolic OH excluding ortho intramolecular Hbond substituents is 1. The third kappa shape index (κ3) is 2.84. The molecule has 3 N–H and O–H groups in total. The highest BCUT2D eigenvalue weighted by Gasteiger charge is 2.14. The van der Waals surface area contributed by atoms with Gasteiger partial charge >= 0.3 is 0 Å². The van der Waals surface area contributed by atoms with Crippen LogP contribution in [0.3, 0.4) is 0 Å². The van der Waals surface area contributed by atoms with Crippen molar-refractivity contribution in [1.29, 1.82) is 0 Å². The minimum Gasteiger partial charge on any atom is -0.507 e. The maximum absolute atomic E-state index is 9.75. The Morgan fingerprint density at radius 1 is 1.33 bits per heavy atom. The van der Waals surface area contributed by atoms with Crippen molar-refractivity contribution in [2.45, 2.75) is 33.2 Å². The maximum Gasteiger partial charge on any atom is 0.133 e. The Balaban J connectivity index is 3.16. The Kier molecular flexibility index (Phi) is 4.40. The second-order valence-electron chi connectivity index (χ2n) is 4.25. The third-order valence-corrected chi connectivity index (χ3v) is 3.73. The highest BCUT2D eigenvalue weighted by Crippen LogP contribution is 2.31. The van der Waals surface area contributed by atoms with E-state index in [1.54, 1.807) is 0 Å². The summed E-state index contributed by atoms with van der Waals surface area (Å²) in [6.45, 7) is 6.99. The van der Waals surface area contributed by atoms with Crippen LogP contribution in [-0.4, -0.2) is 5.11 Å². The number of benzene rings is 1. The molecule has 0 heterocycles. The summed E-state index contributed by atoms with van der Waals surface area (Å²) >= 11 is 2.15. The fourth-order valence-corrected chi connectivity index (χ4v) is 2.19. The van der Waals surface area contributed by atoms with Crippen molar-refractivity contribution in [3.8, 4) is 5.75 Å². The van der Waals surface area contributed by atoms with E-state index < -0.39 is 0 Å². The lowest BCUT2D eigenvalue weighted by molar-refractivity contribution is 0.462. The first-order chi connectivity index (χ1) is 6.97. The lowest BCUT2D eigenvalue weighted by Gasteiger charge is -2.18. The molecule has 2 nitrogen and oxygen atoms in total. The largest absolute Gasteiger partial charge is 0.507 e. The van der Waals surface area contributed by atoms with E-state index in [-0.39, 0.29) is 0 Å². The number of hydrogen-bond donors (Lipinski definition) is 2. The molecule has 0 aliphatic carbocycles. The summed E-state index contributed by atoms with van der Waals surface area (Å²) in [6, 6.07) is 4.06. The first-order valence-corrected chi connectivity index (χ1v) is 6.26. The summed E-state index contributed by atoms with van der Waals surface area (Å²) in [5.41, 5.74) is 7.70. The van der Waals surface area contributed by atoms with E-state index in [4.69, 9.17) is 5.73 Å². The quantitative estimate of drug-likeness (QED) is 0.841. The first kappa shape index (κ1) is 12.8. The van der Waals surface area contributed by atoms with Gasteiger partial charge in [-0.25, -0.2) is 0 Å². The van der Waals surface area contributed by atoms with E-state index in [1.165, 1.54) is 5.56 Å². The number of aromatic hydroxyl groups is 1. The number of nitrogens with two attached hydrogens (primary N) is 1. The molecule has 1 aromatic rings. The van der Waals surface area contributed by atoms with Gasteiger partial charge in [-0.05, 0) is 46.1 Å². The summed E-state index contributed by atoms with van der Waals surface area (Å²) in [4.78, 5) is 0. The molecule has 1 atom stereocenters. The van der Waals surface area contributed by atoms with Crippen LogP contribution < -0.4 is 5.73 Å². The first-order valence-electron chi connectivity index (χ1n) is 5.18. The molecule has 0 radical (unpaired) electrons. The van der Waals surface area contributed by atoms with Gasteiger partial charge in [0.15, 0.2) is 0 Å². The minimum absolute atomic E-state index is 0.331. The summed E-state index contributed by atoms with van der Waals surface area (Å²) in [6.07, 6.45) is 0. The molecule has 3 heteroatoms. The van der Waals surface area contributed by atoms with Crippen molar-refractivity contribution in [2.75, 3.05) is 0 Å². The molecule has 0 saturated heterocycles. The van der Waals surface area contributed by atoms with E-state index in [2.05, 4.69) is 43.4 Å². The van der Waals surface area contributed by atoms with Gasteiger partial charge in [0.2, 0.25) is 0 Å². The van der Waals surface area contributed by atoms with Gasteiger partial charge in [-0.3, -0.25) is 0 Å². The zero-order valence-corrected chi connectivity index (χ0v) is 11.6. The molecular formula is C12H18INO. The summed E-state index contributed by atoms with van der Waals surface area (Å²) in [5, 5.41) is 9.75. The molecule has 1 aromatic carbocycles. The molecule has 0 saturated carbocycles. The smallest absolute Gasteiger partial charge is 0.133 e. The summed E-state index contributed by atoms with van der Waals surface area (Å²) in [5.74, 6) is 1.41. The van der Waals surface area contributed by atoms with Crippen LogP contribution in [0, 0.1) is 9.49 Å². The van der Waals surface area contributed by atoms with Gasteiger partial charge in [0.05, 0.1) is 3.57 Å². The number of rotatable bonds is 3. The van der Waals surface area contributed by atoms with Crippen LogP contribution in [0.25, 0.3) is 0 Å². The summed E-state index contributed by atoms with van der Waals surface area (Å²) in [7, 11) is 0. The Hall–Kier alpha value is -0.290. The standard InChI is InChI=1S/C12H18INO/c1-7(2)8(3)9-4-10(6-14)12(15)11(13)5-9/h4-5,7-8,15H,6,14H2,1-3H3. The Bertz CT molecular complexity index is 350. The van der Waals surface area contributed by atoms with Crippen molar-refractivity contribution in [3.05, 3.63) is 26.8 Å². The zero-order valence-electron chi connectivity index (χ0n) is 9.42. The molecular weight excluding hydrogens is 301 g/mol. The topological polar surface area (TPSA) is 46.2 Å². The van der Waals surface area contributed by atoms with Gasteiger partial charge < -0.3 is 10.8 Å². The highest BCUT2D eigenvalue weighted by molar-refractivity contribution is 14.1. The Morgan fingerprint density at radius 3 is 2.40 bits per heavy atom. The van der Waals surface area contributed by atoms with Crippen molar-refractivity contribution >= 4 is 22.6 Å². The average Bonchev–Trinajstić information content (AvgIpc) is 2.20. The molecule has 0 aliphatic heterocycles. The van der Waals surface area contributed by atoms with Crippen molar-refractivity contribution in [3.63, 3.8) is 0 Å². The van der Waals surface area contributed by atoms with E-state index >= 15 is 0 Å². The average molecular weight is 319 g/mol. The Labute approximate surface area is 105 Å². The number of hydrogen-bond acceptors (Lipinski definition) is 2. The zero-order chi connectivity index (χ0) is 11.6. The molecule has 0 aromatic heterocycles. The molecule has 1 unspecified atom stereocenters. The van der Waals surface area contributed by atoms with Crippen molar-refractivity contribution in [1.82, 2.24) is 0 Å². The minimum atomic E-state index is 0.331. The van der Waals surface area contributed by atoms with E-state index in [0.29, 0.717) is 24.1 Å². The summed E-state index contributed by atoms with van der Waals surface area (Å²) < 4.78 is 0.887. The highest BCUT2D eigenvalue weighted by atomic mass is 127. The predicted molar refractivity (Wildman–Crippen MR) is 72.0 cm³/mol. The molecule has 0 spiro atoms. The van der Waals surface area contributed by atoms with Crippen molar-refractivity contribution < 1.29 is 5.11 Å². The lowest BCUT2D eigenvalue weighted by atomic mass is 9.89. The number of phenols is 1. The monoisotopic (exact) mass is 319 g/mol. The van der Waals surface area contributed by atoms with Gasteiger partial charge in [-0.2, -0.15) is 0 Å². The van der Waals surface area contributed by atoms with Crippen LogP contribution in [0.4, 0.5) is 0 Å². The molecule has 0 bridgehead atoms. The molecule has 0 aliphatic rings. The fourth-order valence-electron chi connectivity index (χ4n) is 1.48. The molecule has 1 rings (SSSR count). The van der Waals surface area contributed by atoms with Crippen molar-refractivity contribution in [2.24, 2.45) is 11.7 Å². The second-order valence-corrected chi connectivity index (χ2v) is 5.41. The lowest BCUT2D eigenvalue weighted by Crippen LogP contribution is -2.05. The number of halogens is 1. The van der Waals surface area contributed by atoms with Gasteiger partial charge in [0, 0.05) is 12.1 Å². The fraction of sp³-hybridized carbons (Fsp3) is 0.500. The maximum atomic E-state index is 9.75. The Morgan fingerprint density at radius 2 is 1.93 bits per heavy atom. The normalized spacial score (nSPS) is 13.2. The van der Waals surface area contributed by atoms with Crippen LogP contribution >= 0.6 is 22.6 Å². The third-order valence-electron chi connectivity index (χ3n) is 2.91. The van der Waals surface area contributed by atoms with Gasteiger partial charge in [-0.1, -0.05) is 26.8 Å². The molecule has 84 valence electrons. The SMILES string of the molecule is CC(C)C(C)c1cc(I)c(O)c(CN)c1. The van der Waals surface area contributed by atoms with Crippen LogP contribution in [0.1, 0.15) is 37.8 Å². The van der Waals surface area contributed by atoms with E-state index in [0.717, 1.165) is 9.13 Å². The van der Waals surface area contributed by atoms with Crippen LogP contribution in [0.15, 0.2) is 12.1 Å². The van der Waals surface area contributed by atoms with Crippen LogP contribution in [0.2, 0.25) is 0 Å². The van der Waals surface area contributed by atoms with Gasteiger partial charge in [0.1, 0.15) is 5.75 Å². The molecule has 0 amide bonds. The van der Waals surface area contributed by atoms with E-state index in [9.17, 15) is 5.11 Å². The van der Waals surface area contributed by atoms with Crippen LogP contribution in [0.5, 0.6) is 5.75 Å². The second kappa shape index (κ2) is 5.16. The van der Waals surface area contributed by atoms with E-state index in [1.807, 2.05) is 12.1 Å². The molecule has 0 fully saturated rings. The van der Waals surface area contributed by atoms with Gasteiger partial charge in [0.25, 0.3) is 0 Å². The van der Waals surface area contributed by atoms with Crippen LogP contribution in [-0.2, 0) is 6.54 Å².